The Bertz CT molecular complexity index is 384. The molecule has 2 atom stereocenters. The fourth-order valence-corrected chi connectivity index (χ4v) is 2.66. The molecular formula is C13H17NO. The SMILES string of the molecule is CC1Cc2ccc(O)cc2C(C2CC2)N1. The predicted molar refractivity (Wildman–Crippen MR) is 59.9 cm³/mol. The molecule has 0 bridgehead atoms. The molecule has 3 rings (SSSR count). The molecule has 0 saturated heterocycles. The van der Waals surface area contributed by atoms with Gasteiger partial charge in [-0.25, -0.2) is 0 Å². The molecule has 0 aromatic heterocycles. The first kappa shape index (κ1) is 9.22. The van der Waals surface area contributed by atoms with Gasteiger partial charge in [0.15, 0.2) is 0 Å². The van der Waals surface area contributed by atoms with E-state index in [4.69, 9.17) is 0 Å². The van der Waals surface area contributed by atoms with Gasteiger partial charge >= 0.3 is 0 Å². The molecule has 2 heteroatoms. The average Bonchev–Trinajstić information content (AvgIpc) is 3.01. The minimum absolute atomic E-state index is 0.399. The number of benzene rings is 1. The summed E-state index contributed by atoms with van der Waals surface area (Å²) in [5, 5.41) is 13.2. The third-order valence-corrected chi connectivity index (χ3v) is 3.55. The van der Waals surface area contributed by atoms with Crippen LogP contribution in [0.2, 0.25) is 0 Å². The highest BCUT2D eigenvalue weighted by Gasteiger charge is 2.36. The number of phenols is 1. The molecule has 15 heavy (non-hydrogen) atoms. The number of hydrogen-bond donors (Lipinski definition) is 2. The second kappa shape index (κ2) is 3.24. The average molecular weight is 203 g/mol. The van der Waals surface area contributed by atoms with Crippen molar-refractivity contribution < 1.29 is 5.11 Å². The van der Waals surface area contributed by atoms with Gasteiger partial charge in [0.1, 0.15) is 5.75 Å². The lowest BCUT2D eigenvalue weighted by Crippen LogP contribution is -2.38. The van der Waals surface area contributed by atoms with Crippen molar-refractivity contribution in [3.05, 3.63) is 29.3 Å². The summed E-state index contributed by atoms with van der Waals surface area (Å²) in [6.45, 7) is 2.24. The molecule has 1 aromatic carbocycles. The van der Waals surface area contributed by atoms with Gasteiger partial charge in [0.05, 0.1) is 0 Å². The topological polar surface area (TPSA) is 32.3 Å². The van der Waals surface area contributed by atoms with Crippen molar-refractivity contribution in [2.24, 2.45) is 5.92 Å². The van der Waals surface area contributed by atoms with E-state index >= 15 is 0 Å². The van der Waals surface area contributed by atoms with Crippen molar-refractivity contribution in [1.29, 1.82) is 0 Å². The highest BCUT2D eigenvalue weighted by Crippen LogP contribution is 2.44. The second-order valence-corrected chi connectivity index (χ2v) is 4.97. The Balaban J connectivity index is 2.02. The molecule has 1 aliphatic carbocycles. The van der Waals surface area contributed by atoms with Crippen molar-refractivity contribution in [3.63, 3.8) is 0 Å². The van der Waals surface area contributed by atoms with E-state index in [1.165, 1.54) is 24.0 Å². The molecule has 2 nitrogen and oxygen atoms in total. The number of rotatable bonds is 1. The summed E-state index contributed by atoms with van der Waals surface area (Å²) in [4.78, 5) is 0. The van der Waals surface area contributed by atoms with Gasteiger partial charge in [-0.3, -0.25) is 0 Å². The summed E-state index contributed by atoms with van der Waals surface area (Å²) in [7, 11) is 0. The van der Waals surface area contributed by atoms with Gasteiger partial charge in [0, 0.05) is 12.1 Å². The highest BCUT2D eigenvalue weighted by molar-refractivity contribution is 5.40. The van der Waals surface area contributed by atoms with Crippen LogP contribution in [0.25, 0.3) is 0 Å². The normalized spacial score (nSPS) is 29.9. The van der Waals surface area contributed by atoms with Crippen molar-refractivity contribution in [2.75, 3.05) is 0 Å². The Kier molecular flexibility index (Phi) is 1.99. The lowest BCUT2D eigenvalue weighted by molar-refractivity contribution is 0.386. The van der Waals surface area contributed by atoms with Crippen LogP contribution >= 0.6 is 0 Å². The molecular weight excluding hydrogens is 186 g/mol. The Morgan fingerprint density at radius 2 is 2.13 bits per heavy atom. The lowest BCUT2D eigenvalue weighted by atomic mass is 9.88. The van der Waals surface area contributed by atoms with E-state index in [1.807, 2.05) is 6.07 Å². The van der Waals surface area contributed by atoms with Gasteiger partial charge in [-0.2, -0.15) is 0 Å². The maximum Gasteiger partial charge on any atom is 0.115 e. The van der Waals surface area contributed by atoms with Crippen molar-refractivity contribution in [2.45, 2.75) is 38.3 Å². The van der Waals surface area contributed by atoms with Gasteiger partial charge < -0.3 is 10.4 Å². The third-order valence-electron chi connectivity index (χ3n) is 3.55. The van der Waals surface area contributed by atoms with E-state index < -0.39 is 0 Å². The largest absolute Gasteiger partial charge is 0.508 e. The third kappa shape index (κ3) is 1.63. The molecule has 1 fully saturated rings. The number of hydrogen-bond acceptors (Lipinski definition) is 2. The highest BCUT2D eigenvalue weighted by atomic mass is 16.3. The standard InChI is InChI=1S/C13H17NO/c1-8-6-10-4-5-11(15)7-12(10)13(14-8)9-2-3-9/h4-5,7-9,13-15H,2-3,6H2,1H3. The predicted octanol–water partition coefficient (Wildman–Crippen LogP) is 2.38. The molecule has 0 radical (unpaired) electrons. The zero-order valence-corrected chi connectivity index (χ0v) is 9.03. The Labute approximate surface area is 90.3 Å². The van der Waals surface area contributed by atoms with E-state index in [-0.39, 0.29) is 0 Å². The minimum atomic E-state index is 0.399. The van der Waals surface area contributed by atoms with E-state index in [0.29, 0.717) is 17.8 Å². The number of aromatic hydroxyl groups is 1. The van der Waals surface area contributed by atoms with Crippen LogP contribution in [0.5, 0.6) is 5.75 Å². The van der Waals surface area contributed by atoms with Gasteiger partial charge in [-0.1, -0.05) is 6.07 Å². The quantitative estimate of drug-likeness (QED) is 0.734. The van der Waals surface area contributed by atoms with E-state index in [0.717, 1.165) is 12.3 Å². The van der Waals surface area contributed by atoms with Crippen LogP contribution in [0, 0.1) is 5.92 Å². The van der Waals surface area contributed by atoms with Gasteiger partial charge in [-0.15, -0.1) is 0 Å². The number of phenolic OH excluding ortho intramolecular Hbond substituents is 1. The summed E-state index contributed by atoms with van der Waals surface area (Å²) in [5.41, 5.74) is 2.74. The molecule has 2 unspecified atom stereocenters. The monoisotopic (exact) mass is 203 g/mol. The fourth-order valence-electron chi connectivity index (χ4n) is 2.66. The maximum absolute atomic E-state index is 9.55. The summed E-state index contributed by atoms with van der Waals surface area (Å²) in [6, 6.07) is 6.87. The summed E-state index contributed by atoms with van der Waals surface area (Å²) < 4.78 is 0. The van der Waals surface area contributed by atoms with Crippen LogP contribution < -0.4 is 5.32 Å². The number of fused-ring (bicyclic) bond motifs is 1. The van der Waals surface area contributed by atoms with Crippen molar-refractivity contribution >= 4 is 0 Å². The Hall–Kier alpha value is -1.02. The molecule has 0 amide bonds. The van der Waals surface area contributed by atoms with Crippen molar-refractivity contribution in [1.82, 2.24) is 5.32 Å². The summed E-state index contributed by atoms with van der Waals surface area (Å²) >= 11 is 0. The summed E-state index contributed by atoms with van der Waals surface area (Å²) in [6.07, 6.45) is 3.75. The van der Waals surface area contributed by atoms with Crippen LogP contribution in [0.4, 0.5) is 0 Å². The van der Waals surface area contributed by atoms with Crippen LogP contribution in [-0.4, -0.2) is 11.1 Å². The lowest BCUT2D eigenvalue weighted by Gasteiger charge is -2.31. The molecule has 1 heterocycles. The van der Waals surface area contributed by atoms with Crippen LogP contribution in [0.3, 0.4) is 0 Å². The molecule has 1 aliphatic heterocycles. The zero-order valence-electron chi connectivity index (χ0n) is 9.03. The fraction of sp³-hybridized carbons (Fsp3) is 0.538. The van der Waals surface area contributed by atoms with Gasteiger partial charge in [0.25, 0.3) is 0 Å². The first-order chi connectivity index (χ1) is 7.24. The molecule has 1 aromatic rings. The smallest absolute Gasteiger partial charge is 0.115 e. The van der Waals surface area contributed by atoms with E-state index in [9.17, 15) is 5.11 Å². The van der Waals surface area contributed by atoms with Gasteiger partial charge in [0.2, 0.25) is 0 Å². The van der Waals surface area contributed by atoms with Crippen molar-refractivity contribution in [3.8, 4) is 5.75 Å². The molecule has 0 spiro atoms. The molecule has 80 valence electrons. The van der Waals surface area contributed by atoms with Crippen LogP contribution in [0.15, 0.2) is 18.2 Å². The zero-order chi connectivity index (χ0) is 10.4. The van der Waals surface area contributed by atoms with Gasteiger partial charge in [-0.05, 0) is 55.4 Å². The first-order valence-electron chi connectivity index (χ1n) is 5.82. The maximum atomic E-state index is 9.55. The first-order valence-corrected chi connectivity index (χ1v) is 5.82. The van der Waals surface area contributed by atoms with Crippen LogP contribution in [0.1, 0.15) is 36.9 Å². The Morgan fingerprint density at radius 1 is 1.33 bits per heavy atom. The van der Waals surface area contributed by atoms with E-state index in [1.54, 1.807) is 6.07 Å². The molecule has 1 saturated carbocycles. The molecule has 2 aliphatic rings. The second-order valence-electron chi connectivity index (χ2n) is 4.97. The molecule has 2 N–H and O–H groups in total. The van der Waals surface area contributed by atoms with Crippen LogP contribution in [-0.2, 0) is 6.42 Å². The number of nitrogens with one attached hydrogen (secondary N) is 1. The minimum Gasteiger partial charge on any atom is -0.508 e. The Morgan fingerprint density at radius 3 is 2.87 bits per heavy atom. The van der Waals surface area contributed by atoms with E-state index in [2.05, 4.69) is 18.3 Å². The summed E-state index contributed by atoms with van der Waals surface area (Å²) in [5.74, 6) is 1.20.